The van der Waals surface area contributed by atoms with E-state index in [1.165, 1.54) is 32.4 Å². The number of likely N-dealkylation sites (tertiary alicyclic amines) is 1. The van der Waals surface area contributed by atoms with Crippen LogP contribution >= 0.6 is 0 Å². The molecule has 1 aliphatic heterocycles. The third-order valence-electron chi connectivity index (χ3n) is 3.57. The molecule has 1 N–H and O–H groups in total. The van der Waals surface area contributed by atoms with E-state index in [9.17, 15) is 0 Å². The first-order chi connectivity index (χ1) is 8.16. The lowest BCUT2D eigenvalue weighted by molar-refractivity contribution is 0.339. The van der Waals surface area contributed by atoms with Crippen molar-refractivity contribution in [2.75, 3.05) is 20.1 Å². The Bertz CT molecular complexity index is 348. The van der Waals surface area contributed by atoms with Crippen LogP contribution in [0.4, 0.5) is 0 Å². The normalized spacial score (nSPS) is 24.5. The topological polar surface area (TPSA) is 46.0 Å². The molecule has 1 fully saturated rings. The van der Waals surface area contributed by atoms with E-state index in [1.54, 1.807) is 6.33 Å². The second-order valence-corrected chi connectivity index (χ2v) is 5.12. The van der Waals surface area contributed by atoms with Crippen molar-refractivity contribution in [2.45, 2.75) is 38.3 Å². The molecule has 2 unspecified atom stereocenters. The Morgan fingerprint density at radius 1 is 1.35 bits per heavy atom. The number of aryl methyl sites for hydroxylation is 1. The van der Waals surface area contributed by atoms with Gasteiger partial charge in [0.15, 0.2) is 0 Å². The minimum atomic E-state index is 0.274. The van der Waals surface area contributed by atoms with Gasteiger partial charge in [0.1, 0.15) is 12.2 Å². The molecule has 2 rings (SSSR count). The van der Waals surface area contributed by atoms with Gasteiger partial charge in [-0.2, -0.15) is 0 Å². The highest BCUT2D eigenvalue weighted by molar-refractivity contribution is 4.93. The summed E-state index contributed by atoms with van der Waals surface area (Å²) in [6.07, 6.45) is 5.51. The summed E-state index contributed by atoms with van der Waals surface area (Å²) in [6.45, 7) is 4.57. The third-order valence-corrected chi connectivity index (χ3v) is 3.57. The summed E-state index contributed by atoms with van der Waals surface area (Å²) in [6, 6.07) is 0.877. The van der Waals surface area contributed by atoms with E-state index in [0.717, 1.165) is 5.82 Å². The molecule has 0 aromatic carbocycles. The summed E-state index contributed by atoms with van der Waals surface area (Å²) < 4.78 is 1.99. The predicted molar refractivity (Wildman–Crippen MR) is 67.7 cm³/mol. The first kappa shape index (κ1) is 12.5. The summed E-state index contributed by atoms with van der Waals surface area (Å²) >= 11 is 0. The van der Waals surface area contributed by atoms with Gasteiger partial charge in [0.25, 0.3) is 0 Å². The Labute approximate surface area is 103 Å². The molecule has 17 heavy (non-hydrogen) atoms. The summed E-state index contributed by atoms with van der Waals surface area (Å²) in [5, 5.41) is 11.8. The van der Waals surface area contributed by atoms with Crippen molar-refractivity contribution in [3.8, 4) is 0 Å². The number of aromatic nitrogens is 3. The molecule has 1 saturated heterocycles. The van der Waals surface area contributed by atoms with E-state index in [4.69, 9.17) is 0 Å². The van der Waals surface area contributed by atoms with Crippen molar-refractivity contribution < 1.29 is 0 Å². The van der Waals surface area contributed by atoms with Crippen LogP contribution < -0.4 is 5.32 Å². The van der Waals surface area contributed by atoms with Gasteiger partial charge in [-0.3, -0.25) is 0 Å². The third kappa shape index (κ3) is 3.26. The van der Waals surface area contributed by atoms with E-state index in [1.807, 2.05) is 11.6 Å². The number of nitrogens with zero attached hydrogens (tertiary/aromatic N) is 4. The van der Waals surface area contributed by atoms with Crippen LogP contribution in [0.15, 0.2) is 6.33 Å². The van der Waals surface area contributed by atoms with Crippen LogP contribution in [0.25, 0.3) is 0 Å². The molecule has 1 aliphatic rings. The van der Waals surface area contributed by atoms with E-state index < -0.39 is 0 Å². The van der Waals surface area contributed by atoms with Crippen molar-refractivity contribution in [1.82, 2.24) is 25.0 Å². The average Bonchev–Trinajstić information content (AvgIpc) is 2.61. The molecule has 0 radical (unpaired) electrons. The van der Waals surface area contributed by atoms with Crippen molar-refractivity contribution >= 4 is 0 Å². The van der Waals surface area contributed by atoms with E-state index in [-0.39, 0.29) is 6.04 Å². The molecule has 0 spiro atoms. The minimum Gasteiger partial charge on any atom is -0.319 e. The number of nitrogens with one attached hydrogen (secondary N) is 1. The van der Waals surface area contributed by atoms with Gasteiger partial charge in [0.05, 0.1) is 6.04 Å². The summed E-state index contributed by atoms with van der Waals surface area (Å²) in [5.74, 6) is 1.02. The Morgan fingerprint density at radius 2 is 2.18 bits per heavy atom. The summed E-state index contributed by atoms with van der Waals surface area (Å²) in [7, 11) is 4.20. The Balaban J connectivity index is 1.90. The zero-order valence-corrected chi connectivity index (χ0v) is 11.1. The maximum absolute atomic E-state index is 4.16. The SMILES string of the molecule is CC(NC1CCCN(C)CC1)c1nncn1C. The van der Waals surface area contributed by atoms with Crippen LogP contribution in [0.1, 0.15) is 38.1 Å². The van der Waals surface area contributed by atoms with Crippen LogP contribution in [0, 0.1) is 0 Å². The molecule has 0 aliphatic carbocycles. The van der Waals surface area contributed by atoms with Crippen LogP contribution in [0.2, 0.25) is 0 Å². The second kappa shape index (κ2) is 5.60. The van der Waals surface area contributed by atoms with Gasteiger partial charge in [0, 0.05) is 13.1 Å². The average molecular weight is 237 g/mol. The predicted octanol–water partition coefficient (Wildman–Crippen LogP) is 0.950. The molecule has 1 aromatic rings. The molecule has 5 nitrogen and oxygen atoms in total. The van der Waals surface area contributed by atoms with E-state index in [0.29, 0.717) is 6.04 Å². The Kier molecular flexibility index (Phi) is 4.12. The smallest absolute Gasteiger partial charge is 0.149 e. The fourth-order valence-corrected chi connectivity index (χ4v) is 2.52. The molecule has 0 saturated carbocycles. The van der Waals surface area contributed by atoms with Gasteiger partial charge >= 0.3 is 0 Å². The molecule has 2 atom stereocenters. The van der Waals surface area contributed by atoms with Gasteiger partial charge in [-0.05, 0) is 46.3 Å². The summed E-state index contributed by atoms with van der Waals surface area (Å²) in [5.41, 5.74) is 0. The fourth-order valence-electron chi connectivity index (χ4n) is 2.52. The lowest BCUT2D eigenvalue weighted by atomic mass is 10.1. The van der Waals surface area contributed by atoms with E-state index in [2.05, 4.69) is 34.4 Å². The Hall–Kier alpha value is -0.940. The lowest BCUT2D eigenvalue weighted by Crippen LogP contribution is -2.33. The number of hydrogen-bond acceptors (Lipinski definition) is 4. The van der Waals surface area contributed by atoms with Crippen molar-refractivity contribution in [2.24, 2.45) is 7.05 Å². The van der Waals surface area contributed by atoms with E-state index >= 15 is 0 Å². The monoisotopic (exact) mass is 237 g/mol. The van der Waals surface area contributed by atoms with Crippen LogP contribution in [0.5, 0.6) is 0 Å². The zero-order valence-electron chi connectivity index (χ0n) is 11.1. The van der Waals surface area contributed by atoms with Gasteiger partial charge < -0.3 is 14.8 Å². The molecule has 2 heterocycles. The zero-order chi connectivity index (χ0) is 12.3. The van der Waals surface area contributed by atoms with Gasteiger partial charge in [0.2, 0.25) is 0 Å². The van der Waals surface area contributed by atoms with Gasteiger partial charge in [-0.15, -0.1) is 10.2 Å². The first-order valence-corrected chi connectivity index (χ1v) is 6.45. The largest absolute Gasteiger partial charge is 0.319 e. The maximum atomic E-state index is 4.16. The van der Waals surface area contributed by atoms with Crippen LogP contribution in [-0.2, 0) is 7.05 Å². The molecule has 0 amide bonds. The molecular weight excluding hydrogens is 214 g/mol. The van der Waals surface area contributed by atoms with Gasteiger partial charge in [-0.1, -0.05) is 0 Å². The Morgan fingerprint density at radius 3 is 2.88 bits per heavy atom. The van der Waals surface area contributed by atoms with Crippen LogP contribution in [-0.4, -0.2) is 45.8 Å². The van der Waals surface area contributed by atoms with Crippen LogP contribution in [0.3, 0.4) is 0 Å². The fraction of sp³-hybridized carbons (Fsp3) is 0.833. The highest BCUT2D eigenvalue weighted by Crippen LogP contribution is 2.15. The molecule has 1 aromatic heterocycles. The lowest BCUT2D eigenvalue weighted by Gasteiger charge is -2.21. The van der Waals surface area contributed by atoms with Gasteiger partial charge in [-0.25, -0.2) is 0 Å². The highest BCUT2D eigenvalue weighted by Gasteiger charge is 2.19. The maximum Gasteiger partial charge on any atom is 0.149 e. The molecule has 96 valence electrons. The first-order valence-electron chi connectivity index (χ1n) is 6.45. The molecule has 0 bridgehead atoms. The standard InChI is InChI=1S/C12H23N5/c1-10(12-15-13-9-17(12)3)14-11-5-4-7-16(2)8-6-11/h9-11,14H,4-8H2,1-3H3. The van der Waals surface area contributed by atoms with Crippen molar-refractivity contribution in [3.05, 3.63) is 12.2 Å². The number of hydrogen-bond donors (Lipinski definition) is 1. The highest BCUT2D eigenvalue weighted by atomic mass is 15.3. The molecular formula is C12H23N5. The molecule has 5 heteroatoms. The number of rotatable bonds is 3. The minimum absolute atomic E-state index is 0.274. The van der Waals surface area contributed by atoms with Crippen molar-refractivity contribution in [3.63, 3.8) is 0 Å². The van der Waals surface area contributed by atoms with Crippen molar-refractivity contribution in [1.29, 1.82) is 0 Å². The quantitative estimate of drug-likeness (QED) is 0.850. The summed E-state index contributed by atoms with van der Waals surface area (Å²) in [4.78, 5) is 2.41. The second-order valence-electron chi connectivity index (χ2n) is 5.12.